The molecule has 0 atom stereocenters. The van der Waals surface area contributed by atoms with Crippen LogP contribution in [0.5, 0.6) is 34.5 Å². The van der Waals surface area contributed by atoms with E-state index < -0.39 is 0 Å². The van der Waals surface area contributed by atoms with E-state index in [9.17, 15) is 17.6 Å². The fourth-order valence-corrected chi connectivity index (χ4v) is 18.6. The summed E-state index contributed by atoms with van der Waals surface area (Å²) in [5.41, 5.74) is 24.7. The molecular formula is C114H146BrCl4F4NO6. The zero-order valence-corrected chi connectivity index (χ0v) is 86.4. The SMILES string of the molecule is CC(C)c1cc2c(cc1F)OCCC2.CC(C)c1ccc(Br)c(F)c1Cl.CC(C)c1ccc2c(c1)CCCO2.CC(C)c1ccc2c(c1Cl)CCCO2.CC(C)c1ccc2c(c1Cl)NCCC2.CC(C)c1ccc2c(c1Cl)OCCC2.CC(C)c1ccc2c(c1F)CCCO2.Cc1c(C(C)C)ccc2c1CCCO2.Cc1ccc(C(C)C)c(F)c1.Cc1ccc(C(C)C)cc1. The summed E-state index contributed by atoms with van der Waals surface area (Å²) in [6, 6.07) is 48.5. The summed E-state index contributed by atoms with van der Waals surface area (Å²) in [5.74, 6) is 9.24. The van der Waals surface area contributed by atoms with E-state index in [-0.39, 0.29) is 52.0 Å². The van der Waals surface area contributed by atoms with E-state index >= 15 is 0 Å². The number of rotatable bonds is 10. The van der Waals surface area contributed by atoms with Gasteiger partial charge in [-0.3, -0.25) is 0 Å². The highest BCUT2D eigenvalue weighted by Gasteiger charge is 2.25. The van der Waals surface area contributed by atoms with Crippen molar-refractivity contribution in [1.29, 1.82) is 0 Å². The summed E-state index contributed by atoms with van der Waals surface area (Å²) in [5, 5.41) is 6.27. The maximum Gasteiger partial charge on any atom is 0.156 e. The molecule has 1 N–H and O–H groups in total. The van der Waals surface area contributed by atoms with Crippen molar-refractivity contribution in [2.24, 2.45) is 0 Å². The van der Waals surface area contributed by atoms with Crippen molar-refractivity contribution >= 4 is 68.0 Å². The van der Waals surface area contributed by atoms with Crippen LogP contribution in [0.1, 0.15) is 354 Å². The summed E-state index contributed by atoms with van der Waals surface area (Å²) < 4.78 is 87.3. The molecule has 10 aromatic rings. The van der Waals surface area contributed by atoms with E-state index in [1.54, 1.807) is 12.1 Å². The molecule has 0 spiro atoms. The third-order valence-electron chi connectivity index (χ3n) is 24.3. The molecule has 0 aromatic heterocycles. The third-order valence-corrected chi connectivity index (χ3v) is 26.6. The van der Waals surface area contributed by atoms with Gasteiger partial charge in [-0.05, 0) is 323 Å². The van der Waals surface area contributed by atoms with E-state index in [4.69, 9.17) is 74.8 Å². The van der Waals surface area contributed by atoms with Crippen LogP contribution in [0.4, 0.5) is 23.2 Å². The standard InChI is InChI=1S/C13H18O.C12H16ClN.2C12H15ClO.2C12H15FO.C12H16O.C10H13F.C10H14.C9H9BrClF/c1-9(2)11-6-7-13-12(10(11)3)5-4-8-14-13;1-8(2)10-6-5-9-4-3-7-14-12(9)11(10)13;1-8(2)9-5-6-11-10(12(9)13)4-3-7-14-11;1-8(2)10-6-5-9-4-3-7-14-12(9)11(10)13;1-8(2)9-5-6-11-10(12(9)13)4-3-7-14-11;1-8(2)10-6-9-4-3-5-14-12(9)7-11(10)13;1-9(2)10-5-6-12-11(8-10)4-3-7-13-12;1-7(2)9-5-4-8(3)6-10(9)11;1-8(2)10-6-4-9(3)5-7-10;1-5(2)6-3-4-7(10)9(12)8(6)11/h6-7,9H,4-5,8H2,1-3H3;5-6,8,14H,3-4,7H2,1-2H3;3*5-6,8H,3-4,7H2,1-2H3;6-8H,3-5H2,1-2H3;5-6,8-9H,3-4,7H2,1-2H3;4-7H,1-3H3;4-8H,1-3H3;3-5H,1-2H3. The van der Waals surface area contributed by atoms with Gasteiger partial charge in [-0.25, -0.2) is 17.6 Å². The van der Waals surface area contributed by atoms with Crippen molar-refractivity contribution < 1.29 is 46.0 Å². The lowest BCUT2D eigenvalue weighted by atomic mass is 9.91. The average molecular weight is 1920 g/mol. The minimum atomic E-state index is -0.372. The molecule has 0 aliphatic carbocycles. The second-order valence-corrected chi connectivity index (χ2v) is 40.3. The lowest BCUT2D eigenvalue weighted by Crippen LogP contribution is -2.12. The molecule has 0 radical (unpaired) electrons. The lowest BCUT2D eigenvalue weighted by Gasteiger charge is -2.22. The Balaban J connectivity index is 0.000000179. The van der Waals surface area contributed by atoms with Crippen molar-refractivity contribution in [3.8, 4) is 34.5 Å². The molecule has 0 bridgehead atoms. The highest BCUT2D eigenvalue weighted by Crippen LogP contribution is 2.43. The van der Waals surface area contributed by atoms with Crippen molar-refractivity contribution in [3.05, 3.63) is 305 Å². The average Bonchev–Trinajstić information content (AvgIpc) is 0.806. The predicted octanol–water partition coefficient (Wildman–Crippen LogP) is 35.3. The molecule has 7 aliphatic heterocycles. The second-order valence-electron chi connectivity index (χ2n) is 37.9. The number of hydrogen-bond donors (Lipinski definition) is 1. The van der Waals surface area contributed by atoms with Gasteiger partial charge in [0.25, 0.3) is 0 Å². The van der Waals surface area contributed by atoms with Gasteiger partial charge < -0.3 is 33.7 Å². The molecule has 16 heteroatoms. The Morgan fingerprint density at radius 1 is 0.285 bits per heavy atom. The molecule has 7 heterocycles. The molecule has 130 heavy (non-hydrogen) atoms. The molecule has 7 aliphatic rings. The maximum atomic E-state index is 13.9. The first-order valence-corrected chi connectivity index (χ1v) is 49.9. The molecule has 706 valence electrons. The van der Waals surface area contributed by atoms with E-state index in [2.05, 4.69) is 209 Å². The van der Waals surface area contributed by atoms with Crippen LogP contribution >= 0.6 is 62.3 Å². The van der Waals surface area contributed by atoms with E-state index in [1.807, 2.05) is 98.7 Å². The molecule has 0 fully saturated rings. The Morgan fingerprint density at radius 3 is 1.22 bits per heavy atom. The summed E-state index contributed by atoms with van der Waals surface area (Å²) >= 11 is 27.9. The summed E-state index contributed by atoms with van der Waals surface area (Å²) in [7, 11) is 0. The Hall–Kier alpha value is -7.84. The Morgan fingerprint density at radius 2 is 0.669 bits per heavy atom. The number of anilines is 1. The topological polar surface area (TPSA) is 67.4 Å². The summed E-state index contributed by atoms with van der Waals surface area (Å²) in [4.78, 5) is 0. The lowest BCUT2D eigenvalue weighted by molar-refractivity contribution is 0.283. The number of nitrogens with one attached hydrogen (secondary N) is 1. The van der Waals surface area contributed by atoms with Gasteiger partial charge in [-0.2, -0.15) is 0 Å². The fraction of sp³-hybridized carbons (Fsp3) is 0.474. The maximum absolute atomic E-state index is 13.9. The molecule has 17 rings (SSSR count). The molecular weight excluding hydrogens is 1780 g/mol. The van der Waals surface area contributed by atoms with Gasteiger partial charge in [-0.15, -0.1) is 0 Å². The Bertz CT molecular complexity index is 4850. The number of halogens is 9. The first kappa shape index (κ1) is 107. The van der Waals surface area contributed by atoms with Crippen molar-refractivity contribution in [1.82, 2.24) is 0 Å². The van der Waals surface area contributed by atoms with Crippen LogP contribution in [0.3, 0.4) is 0 Å². The van der Waals surface area contributed by atoms with Gasteiger partial charge >= 0.3 is 0 Å². The van der Waals surface area contributed by atoms with Crippen LogP contribution in [0.25, 0.3) is 0 Å². The van der Waals surface area contributed by atoms with Gasteiger partial charge in [0.05, 0.1) is 69.9 Å². The summed E-state index contributed by atoms with van der Waals surface area (Å²) in [6.45, 7) is 54.4. The van der Waals surface area contributed by atoms with Crippen LogP contribution in [0.15, 0.2) is 150 Å². The molecule has 0 amide bonds. The van der Waals surface area contributed by atoms with Crippen LogP contribution in [0.2, 0.25) is 20.1 Å². The number of hydrogen-bond acceptors (Lipinski definition) is 7. The quantitative estimate of drug-likeness (QED) is 0.108. The largest absolute Gasteiger partial charge is 0.493 e. The van der Waals surface area contributed by atoms with Crippen LogP contribution in [-0.4, -0.2) is 46.2 Å². The van der Waals surface area contributed by atoms with Crippen molar-refractivity contribution in [2.75, 3.05) is 51.5 Å². The molecule has 0 unspecified atom stereocenters. The molecule has 0 saturated carbocycles. The number of ether oxygens (including phenoxy) is 6. The highest BCUT2D eigenvalue weighted by molar-refractivity contribution is 9.10. The molecule has 10 aromatic carbocycles. The first-order chi connectivity index (χ1) is 61.8. The zero-order valence-electron chi connectivity index (χ0n) is 81.8. The monoisotopic (exact) mass is 1920 g/mol. The highest BCUT2D eigenvalue weighted by atomic mass is 79.9. The van der Waals surface area contributed by atoms with E-state index in [0.29, 0.717) is 53.2 Å². The van der Waals surface area contributed by atoms with Gasteiger partial charge in [0, 0.05) is 23.7 Å². The minimum Gasteiger partial charge on any atom is -0.493 e. The number of fused-ring (bicyclic) bond motifs is 7. The van der Waals surface area contributed by atoms with E-state index in [1.165, 1.54) is 103 Å². The van der Waals surface area contributed by atoms with Gasteiger partial charge in [0.2, 0.25) is 0 Å². The van der Waals surface area contributed by atoms with Gasteiger partial charge in [0.15, 0.2) is 5.82 Å². The minimum absolute atomic E-state index is 0.0581. The Kier molecular flexibility index (Phi) is 43.6. The summed E-state index contributed by atoms with van der Waals surface area (Å²) in [6.07, 6.45) is 15.1. The second kappa shape index (κ2) is 52.7. The zero-order chi connectivity index (χ0) is 95.3. The van der Waals surface area contributed by atoms with Crippen molar-refractivity contribution in [3.63, 3.8) is 0 Å². The number of benzene rings is 10. The van der Waals surface area contributed by atoms with Gasteiger partial charge in [0.1, 0.15) is 51.9 Å². The smallest absolute Gasteiger partial charge is 0.156 e. The predicted molar refractivity (Wildman–Crippen MR) is 547 cm³/mol. The van der Waals surface area contributed by atoms with Crippen molar-refractivity contribution in [2.45, 2.75) is 308 Å². The fourth-order valence-electron chi connectivity index (χ4n) is 16.4. The molecule has 7 nitrogen and oxygen atoms in total. The van der Waals surface area contributed by atoms with Crippen LogP contribution in [0, 0.1) is 44.0 Å². The van der Waals surface area contributed by atoms with E-state index in [0.717, 1.165) is 192 Å². The number of aryl methyl sites for hydroxylation is 6. The normalized spacial score (nSPS) is 14.0. The van der Waals surface area contributed by atoms with Crippen LogP contribution in [-0.2, 0) is 44.9 Å². The van der Waals surface area contributed by atoms with Crippen LogP contribution < -0.4 is 33.7 Å². The Labute approximate surface area is 807 Å². The van der Waals surface area contributed by atoms with Gasteiger partial charge in [-0.1, -0.05) is 288 Å². The molecule has 0 saturated heterocycles. The third kappa shape index (κ3) is 30.9. The first-order valence-electron chi connectivity index (χ1n) is 47.6.